The summed E-state index contributed by atoms with van der Waals surface area (Å²) in [6.07, 6.45) is 6.28. The first kappa shape index (κ1) is 19.2. The highest BCUT2D eigenvalue weighted by molar-refractivity contribution is 9.11. The normalized spacial score (nSPS) is 14.2. The van der Waals surface area contributed by atoms with E-state index in [2.05, 4.69) is 77.0 Å². The van der Waals surface area contributed by atoms with Gasteiger partial charge in [-0.3, -0.25) is 0 Å². The van der Waals surface area contributed by atoms with Gasteiger partial charge in [-0.05, 0) is 55.5 Å². The second kappa shape index (κ2) is 10.0. The van der Waals surface area contributed by atoms with E-state index in [1.165, 1.54) is 52.2 Å². The number of aryl methyl sites for hydroxylation is 1. The third kappa shape index (κ3) is 5.69. The topological polar surface area (TPSA) is 12.0 Å². The molecule has 1 rings (SSSR count). The fourth-order valence-corrected chi connectivity index (χ4v) is 3.87. The van der Waals surface area contributed by atoms with Crippen LogP contribution in [0.4, 0.5) is 0 Å². The van der Waals surface area contributed by atoms with Crippen molar-refractivity contribution in [2.75, 3.05) is 6.54 Å². The molecule has 1 nitrogen and oxygen atoms in total. The number of unbranched alkanes of at least 4 members (excludes halogenated alkanes) is 1. The molecule has 2 unspecified atom stereocenters. The van der Waals surface area contributed by atoms with Gasteiger partial charge in [0.05, 0.1) is 0 Å². The quantitative estimate of drug-likeness (QED) is 0.466. The van der Waals surface area contributed by atoms with Crippen molar-refractivity contribution in [2.24, 2.45) is 5.92 Å². The molecule has 0 spiro atoms. The molecule has 0 saturated carbocycles. The molecule has 120 valence electrons. The predicted molar refractivity (Wildman–Crippen MR) is 101 cm³/mol. The van der Waals surface area contributed by atoms with E-state index in [1.54, 1.807) is 0 Å². The van der Waals surface area contributed by atoms with Crippen molar-refractivity contribution in [3.05, 3.63) is 32.2 Å². The molecule has 3 heteroatoms. The van der Waals surface area contributed by atoms with Crippen LogP contribution in [0.1, 0.15) is 70.0 Å². The highest BCUT2D eigenvalue weighted by Gasteiger charge is 2.23. The van der Waals surface area contributed by atoms with Gasteiger partial charge in [0.15, 0.2) is 0 Å². The first-order valence-corrected chi connectivity index (χ1v) is 9.82. The molecule has 2 atom stereocenters. The summed E-state index contributed by atoms with van der Waals surface area (Å²) in [7, 11) is 0. The van der Waals surface area contributed by atoms with Gasteiger partial charge >= 0.3 is 0 Å². The molecule has 0 amide bonds. The van der Waals surface area contributed by atoms with E-state index in [0.717, 1.165) is 6.54 Å². The van der Waals surface area contributed by atoms with Gasteiger partial charge in [0.1, 0.15) is 0 Å². The smallest absolute Gasteiger partial charge is 0.0360 e. The van der Waals surface area contributed by atoms with E-state index >= 15 is 0 Å². The molecule has 0 aliphatic rings. The van der Waals surface area contributed by atoms with Crippen LogP contribution in [-0.4, -0.2) is 6.54 Å². The van der Waals surface area contributed by atoms with E-state index in [-0.39, 0.29) is 0 Å². The van der Waals surface area contributed by atoms with Crippen LogP contribution in [0.3, 0.4) is 0 Å². The lowest BCUT2D eigenvalue weighted by atomic mass is 9.86. The lowest BCUT2D eigenvalue weighted by Crippen LogP contribution is -2.29. The van der Waals surface area contributed by atoms with Crippen LogP contribution in [0.2, 0.25) is 0 Å². The average molecular weight is 419 g/mol. The lowest BCUT2D eigenvalue weighted by molar-refractivity contribution is 0.322. The van der Waals surface area contributed by atoms with Gasteiger partial charge in [0.2, 0.25) is 0 Å². The Labute approximate surface area is 147 Å². The summed E-state index contributed by atoms with van der Waals surface area (Å²) in [4.78, 5) is 0. The molecule has 0 aromatic heterocycles. The Morgan fingerprint density at radius 2 is 1.76 bits per heavy atom. The van der Waals surface area contributed by atoms with E-state index in [1.807, 2.05) is 0 Å². The Morgan fingerprint density at radius 3 is 2.33 bits per heavy atom. The maximum absolute atomic E-state index is 3.78. The molecule has 0 radical (unpaired) electrons. The molecule has 21 heavy (non-hydrogen) atoms. The first-order valence-electron chi connectivity index (χ1n) is 8.23. The van der Waals surface area contributed by atoms with Gasteiger partial charge < -0.3 is 5.32 Å². The summed E-state index contributed by atoms with van der Waals surface area (Å²) in [6.45, 7) is 10.0. The zero-order valence-electron chi connectivity index (χ0n) is 13.8. The van der Waals surface area contributed by atoms with Crippen molar-refractivity contribution >= 4 is 31.9 Å². The molecule has 1 aromatic rings. The Bertz CT molecular complexity index is 431. The van der Waals surface area contributed by atoms with Crippen LogP contribution < -0.4 is 5.32 Å². The van der Waals surface area contributed by atoms with Crippen molar-refractivity contribution in [1.82, 2.24) is 5.32 Å². The number of hydrogen-bond donors (Lipinski definition) is 1. The van der Waals surface area contributed by atoms with Crippen LogP contribution in [0.25, 0.3) is 0 Å². The average Bonchev–Trinajstić information content (AvgIpc) is 2.47. The van der Waals surface area contributed by atoms with Crippen molar-refractivity contribution < 1.29 is 0 Å². The zero-order valence-corrected chi connectivity index (χ0v) is 17.0. The Hall–Kier alpha value is 0.140. The van der Waals surface area contributed by atoms with E-state index < -0.39 is 0 Å². The summed E-state index contributed by atoms with van der Waals surface area (Å²) in [6, 6.07) is 4.96. The molecule has 0 heterocycles. The van der Waals surface area contributed by atoms with E-state index in [4.69, 9.17) is 0 Å². The first-order chi connectivity index (χ1) is 10.0. The van der Waals surface area contributed by atoms with Gasteiger partial charge in [-0.25, -0.2) is 0 Å². The van der Waals surface area contributed by atoms with Crippen LogP contribution >= 0.6 is 31.9 Å². The number of rotatable bonds is 9. The molecular weight excluding hydrogens is 390 g/mol. The second-order valence-corrected chi connectivity index (χ2v) is 7.57. The summed E-state index contributed by atoms with van der Waals surface area (Å²) in [5, 5.41) is 3.78. The molecule has 0 fully saturated rings. The van der Waals surface area contributed by atoms with Gasteiger partial charge in [-0.1, -0.05) is 71.9 Å². The minimum atomic E-state index is 0.438. The number of nitrogens with one attached hydrogen (secondary N) is 1. The maximum Gasteiger partial charge on any atom is 0.0360 e. The monoisotopic (exact) mass is 417 g/mol. The highest BCUT2D eigenvalue weighted by Crippen LogP contribution is 2.36. The van der Waals surface area contributed by atoms with E-state index in [0.29, 0.717) is 12.0 Å². The molecule has 1 N–H and O–H groups in total. The second-order valence-electron chi connectivity index (χ2n) is 5.87. The van der Waals surface area contributed by atoms with Crippen molar-refractivity contribution in [3.8, 4) is 0 Å². The van der Waals surface area contributed by atoms with Gasteiger partial charge in [0.25, 0.3) is 0 Å². The maximum atomic E-state index is 3.78. The summed E-state index contributed by atoms with van der Waals surface area (Å²) in [5.41, 5.74) is 2.67. The summed E-state index contributed by atoms with van der Waals surface area (Å²) >= 11 is 7.47. The standard InChI is InChI=1S/C18H29Br2N/c1-5-8-9-14(7-3)18(21-10-6-2)15-12-16(19)13(4)11-17(15)20/h11-12,14,18,21H,5-10H2,1-4H3. The molecule has 0 aliphatic heterocycles. The highest BCUT2D eigenvalue weighted by atomic mass is 79.9. The molecular formula is C18H29Br2N. The summed E-state index contributed by atoms with van der Waals surface area (Å²) in [5.74, 6) is 0.697. The Kier molecular flexibility index (Phi) is 9.15. The van der Waals surface area contributed by atoms with Gasteiger partial charge in [-0.15, -0.1) is 0 Å². The van der Waals surface area contributed by atoms with E-state index in [9.17, 15) is 0 Å². The number of halogens is 2. The van der Waals surface area contributed by atoms with Crippen molar-refractivity contribution in [3.63, 3.8) is 0 Å². The fraction of sp³-hybridized carbons (Fsp3) is 0.667. The SMILES string of the molecule is CCCCC(CC)C(NCCC)c1cc(Br)c(C)cc1Br. The van der Waals surface area contributed by atoms with Crippen molar-refractivity contribution in [2.45, 2.75) is 65.8 Å². The zero-order chi connectivity index (χ0) is 15.8. The fourth-order valence-electron chi connectivity index (χ4n) is 2.80. The molecule has 0 saturated heterocycles. The third-order valence-corrected chi connectivity index (χ3v) is 5.69. The Morgan fingerprint density at radius 1 is 1.05 bits per heavy atom. The third-order valence-electron chi connectivity index (χ3n) is 4.15. The van der Waals surface area contributed by atoms with Gasteiger partial charge in [0, 0.05) is 15.0 Å². The Balaban J connectivity index is 3.07. The molecule has 1 aromatic carbocycles. The summed E-state index contributed by atoms with van der Waals surface area (Å²) < 4.78 is 2.43. The predicted octanol–water partition coefficient (Wildman–Crippen LogP) is 6.78. The lowest BCUT2D eigenvalue weighted by Gasteiger charge is -2.29. The number of benzene rings is 1. The number of hydrogen-bond acceptors (Lipinski definition) is 1. The largest absolute Gasteiger partial charge is 0.310 e. The molecule has 0 bridgehead atoms. The van der Waals surface area contributed by atoms with Crippen molar-refractivity contribution in [1.29, 1.82) is 0 Å². The van der Waals surface area contributed by atoms with Crippen LogP contribution in [0.5, 0.6) is 0 Å². The van der Waals surface area contributed by atoms with Crippen LogP contribution in [0.15, 0.2) is 21.1 Å². The minimum absolute atomic E-state index is 0.438. The van der Waals surface area contributed by atoms with Crippen LogP contribution in [-0.2, 0) is 0 Å². The molecule has 0 aliphatic carbocycles. The van der Waals surface area contributed by atoms with Crippen LogP contribution in [0, 0.1) is 12.8 Å². The van der Waals surface area contributed by atoms with Gasteiger partial charge in [-0.2, -0.15) is 0 Å². The minimum Gasteiger partial charge on any atom is -0.310 e.